The van der Waals surface area contributed by atoms with E-state index in [1.54, 1.807) is 23.0 Å². The quantitative estimate of drug-likeness (QED) is 0.715. The number of benzene rings is 2. The molecule has 0 fully saturated rings. The number of aryl methyl sites for hydroxylation is 1. The van der Waals surface area contributed by atoms with Crippen LogP contribution in [0, 0.1) is 5.82 Å². The fraction of sp³-hybridized carbons (Fsp3) is 0.0667. The maximum atomic E-state index is 13.6. The topological polar surface area (TPSA) is 30.7 Å². The Kier molecular flexibility index (Phi) is 3.24. The molecule has 100 valence electrons. The van der Waals surface area contributed by atoms with E-state index in [-0.39, 0.29) is 5.82 Å². The molecule has 0 aliphatic rings. The van der Waals surface area contributed by atoms with Crippen LogP contribution >= 0.6 is 11.6 Å². The van der Waals surface area contributed by atoms with Gasteiger partial charge in [-0.25, -0.2) is 4.39 Å². The standard InChI is InChI=1S/C15H11ClFN3/c1-20-9-18-19-15(20)14-8-12(17)5-6-13(14)10-3-2-4-11(16)7-10/h2-9H,1H3. The SMILES string of the molecule is Cn1cnnc1-c1cc(F)ccc1-c1cccc(Cl)c1. The predicted molar refractivity (Wildman–Crippen MR) is 76.8 cm³/mol. The molecule has 0 N–H and O–H groups in total. The first-order valence-electron chi connectivity index (χ1n) is 6.05. The third-order valence-electron chi connectivity index (χ3n) is 3.07. The molecule has 0 amide bonds. The molecule has 0 spiro atoms. The summed E-state index contributed by atoms with van der Waals surface area (Å²) in [4.78, 5) is 0. The van der Waals surface area contributed by atoms with Crippen molar-refractivity contribution in [2.24, 2.45) is 7.05 Å². The summed E-state index contributed by atoms with van der Waals surface area (Å²) >= 11 is 6.03. The Labute approximate surface area is 120 Å². The van der Waals surface area contributed by atoms with Gasteiger partial charge in [0.2, 0.25) is 0 Å². The van der Waals surface area contributed by atoms with Gasteiger partial charge in [0.05, 0.1) is 0 Å². The van der Waals surface area contributed by atoms with E-state index in [1.807, 2.05) is 25.2 Å². The summed E-state index contributed by atoms with van der Waals surface area (Å²) in [6, 6.07) is 12.0. The molecule has 3 aromatic rings. The van der Waals surface area contributed by atoms with Crippen molar-refractivity contribution in [2.45, 2.75) is 0 Å². The summed E-state index contributed by atoms with van der Waals surface area (Å²) in [6.07, 6.45) is 1.59. The normalized spacial score (nSPS) is 10.8. The highest BCUT2D eigenvalue weighted by molar-refractivity contribution is 6.30. The average molecular weight is 288 g/mol. The van der Waals surface area contributed by atoms with Crippen LogP contribution in [0.2, 0.25) is 5.02 Å². The van der Waals surface area contributed by atoms with Gasteiger partial charge in [-0.2, -0.15) is 0 Å². The van der Waals surface area contributed by atoms with Gasteiger partial charge in [0.25, 0.3) is 0 Å². The van der Waals surface area contributed by atoms with Crippen molar-refractivity contribution >= 4 is 11.6 Å². The van der Waals surface area contributed by atoms with E-state index in [1.165, 1.54) is 12.1 Å². The van der Waals surface area contributed by atoms with Crippen molar-refractivity contribution in [3.05, 3.63) is 59.6 Å². The molecule has 0 radical (unpaired) electrons. The zero-order chi connectivity index (χ0) is 14.1. The molecule has 3 nitrogen and oxygen atoms in total. The summed E-state index contributed by atoms with van der Waals surface area (Å²) in [5.41, 5.74) is 2.47. The van der Waals surface area contributed by atoms with Crippen LogP contribution in [0.5, 0.6) is 0 Å². The predicted octanol–water partition coefficient (Wildman–Crippen LogP) is 3.94. The second-order valence-corrected chi connectivity index (χ2v) is 4.90. The molecule has 0 saturated carbocycles. The lowest BCUT2D eigenvalue weighted by atomic mass is 9.99. The van der Waals surface area contributed by atoms with Crippen LogP contribution in [-0.4, -0.2) is 14.8 Å². The zero-order valence-corrected chi connectivity index (χ0v) is 11.5. The van der Waals surface area contributed by atoms with E-state index in [9.17, 15) is 4.39 Å². The van der Waals surface area contributed by atoms with Gasteiger partial charge in [-0.1, -0.05) is 29.8 Å². The van der Waals surface area contributed by atoms with E-state index < -0.39 is 0 Å². The molecule has 1 heterocycles. The fourth-order valence-corrected chi connectivity index (χ4v) is 2.33. The van der Waals surface area contributed by atoms with Crippen molar-refractivity contribution in [2.75, 3.05) is 0 Å². The molecule has 3 rings (SSSR count). The highest BCUT2D eigenvalue weighted by Crippen LogP contribution is 2.32. The highest BCUT2D eigenvalue weighted by atomic mass is 35.5. The minimum Gasteiger partial charge on any atom is -0.317 e. The highest BCUT2D eigenvalue weighted by Gasteiger charge is 2.13. The monoisotopic (exact) mass is 287 g/mol. The molecule has 20 heavy (non-hydrogen) atoms. The second kappa shape index (κ2) is 5.06. The van der Waals surface area contributed by atoms with Gasteiger partial charge >= 0.3 is 0 Å². The van der Waals surface area contributed by atoms with Gasteiger partial charge in [0.1, 0.15) is 12.1 Å². The maximum absolute atomic E-state index is 13.6. The van der Waals surface area contributed by atoms with Gasteiger partial charge in [-0.15, -0.1) is 10.2 Å². The molecular formula is C15H11ClFN3. The lowest BCUT2D eigenvalue weighted by Crippen LogP contribution is -1.95. The van der Waals surface area contributed by atoms with Gasteiger partial charge < -0.3 is 4.57 Å². The van der Waals surface area contributed by atoms with Crippen LogP contribution in [0.3, 0.4) is 0 Å². The Morgan fingerprint density at radius 2 is 1.95 bits per heavy atom. The molecule has 0 atom stereocenters. The molecule has 2 aromatic carbocycles. The summed E-state index contributed by atoms with van der Waals surface area (Å²) in [6.45, 7) is 0. The van der Waals surface area contributed by atoms with Crippen LogP contribution in [0.1, 0.15) is 0 Å². The minimum atomic E-state index is -0.311. The van der Waals surface area contributed by atoms with Crippen molar-refractivity contribution < 1.29 is 4.39 Å². The van der Waals surface area contributed by atoms with Crippen molar-refractivity contribution in [3.63, 3.8) is 0 Å². The third kappa shape index (κ3) is 2.30. The summed E-state index contributed by atoms with van der Waals surface area (Å²) in [7, 11) is 1.82. The zero-order valence-electron chi connectivity index (χ0n) is 10.7. The summed E-state index contributed by atoms with van der Waals surface area (Å²) in [5.74, 6) is 0.299. The smallest absolute Gasteiger partial charge is 0.164 e. The number of hydrogen-bond donors (Lipinski definition) is 0. The molecule has 0 unspecified atom stereocenters. The van der Waals surface area contributed by atoms with Gasteiger partial charge in [-0.3, -0.25) is 0 Å². The Balaban J connectivity index is 2.24. The molecule has 5 heteroatoms. The molecular weight excluding hydrogens is 277 g/mol. The van der Waals surface area contributed by atoms with E-state index in [2.05, 4.69) is 10.2 Å². The first-order chi connectivity index (χ1) is 9.65. The second-order valence-electron chi connectivity index (χ2n) is 4.47. The van der Waals surface area contributed by atoms with Gasteiger partial charge in [0.15, 0.2) is 5.82 Å². The summed E-state index contributed by atoms with van der Waals surface area (Å²) in [5, 5.41) is 8.53. The molecule has 1 aromatic heterocycles. The lowest BCUT2D eigenvalue weighted by Gasteiger charge is -2.09. The van der Waals surface area contributed by atoms with Crippen LogP contribution < -0.4 is 0 Å². The van der Waals surface area contributed by atoms with Crippen LogP contribution in [-0.2, 0) is 7.05 Å². The minimum absolute atomic E-state index is 0.311. The Morgan fingerprint density at radius 3 is 2.65 bits per heavy atom. The lowest BCUT2D eigenvalue weighted by molar-refractivity contribution is 0.628. The molecule has 0 saturated heterocycles. The molecule has 0 aliphatic carbocycles. The van der Waals surface area contributed by atoms with E-state index in [0.717, 1.165) is 11.1 Å². The Hall–Kier alpha value is -2.20. The van der Waals surface area contributed by atoms with Crippen molar-refractivity contribution in [3.8, 4) is 22.5 Å². The van der Waals surface area contributed by atoms with E-state index >= 15 is 0 Å². The Bertz CT molecular complexity index is 767. The first kappa shape index (κ1) is 12.8. The largest absolute Gasteiger partial charge is 0.317 e. The van der Waals surface area contributed by atoms with Gasteiger partial charge in [0, 0.05) is 17.6 Å². The van der Waals surface area contributed by atoms with Gasteiger partial charge in [-0.05, 0) is 35.4 Å². The van der Waals surface area contributed by atoms with Crippen LogP contribution in [0.25, 0.3) is 22.5 Å². The number of nitrogens with zero attached hydrogens (tertiary/aromatic N) is 3. The first-order valence-corrected chi connectivity index (χ1v) is 6.43. The average Bonchev–Trinajstić information content (AvgIpc) is 2.85. The van der Waals surface area contributed by atoms with Crippen LogP contribution in [0.15, 0.2) is 48.8 Å². The number of aromatic nitrogens is 3. The number of rotatable bonds is 2. The molecule has 0 bridgehead atoms. The van der Waals surface area contributed by atoms with Crippen LogP contribution in [0.4, 0.5) is 4.39 Å². The van der Waals surface area contributed by atoms with E-state index in [0.29, 0.717) is 16.4 Å². The fourth-order valence-electron chi connectivity index (χ4n) is 2.14. The van der Waals surface area contributed by atoms with Crippen molar-refractivity contribution in [1.29, 1.82) is 0 Å². The number of halogens is 2. The Morgan fingerprint density at radius 1 is 1.10 bits per heavy atom. The van der Waals surface area contributed by atoms with Crippen molar-refractivity contribution in [1.82, 2.24) is 14.8 Å². The maximum Gasteiger partial charge on any atom is 0.164 e. The van der Waals surface area contributed by atoms with E-state index in [4.69, 9.17) is 11.6 Å². The third-order valence-corrected chi connectivity index (χ3v) is 3.30. The summed E-state index contributed by atoms with van der Waals surface area (Å²) < 4.78 is 15.3. The molecule has 0 aliphatic heterocycles. The number of hydrogen-bond acceptors (Lipinski definition) is 2.